The van der Waals surface area contributed by atoms with Crippen molar-refractivity contribution >= 4 is 27.5 Å². The van der Waals surface area contributed by atoms with Gasteiger partial charge in [0, 0.05) is 9.50 Å². The lowest BCUT2D eigenvalue weighted by atomic mass is 9.70. The number of hydrogen-bond donors (Lipinski definition) is 0. The van der Waals surface area contributed by atoms with Crippen LogP contribution in [0.2, 0.25) is 5.02 Å². The Labute approximate surface area is 171 Å². The fraction of sp³-hybridized carbons (Fsp3) is 0.0400. The van der Waals surface area contributed by atoms with Crippen LogP contribution in [-0.2, 0) is 5.41 Å². The van der Waals surface area contributed by atoms with E-state index in [1.54, 1.807) is 0 Å². The van der Waals surface area contributed by atoms with Crippen LogP contribution in [0.4, 0.5) is 0 Å². The van der Waals surface area contributed by atoms with Crippen LogP contribution in [0, 0.1) is 0 Å². The summed E-state index contributed by atoms with van der Waals surface area (Å²) in [6.45, 7) is 0. The quantitative estimate of drug-likeness (QED) is 0.235. The first-order chi connectivity index (χ1) is 13.2. The minimum atomic E-state index is -0.313. The van der Waals surface area contributed by atoms with Crippen molar-refractivity contribution in [3.8, 4) is 22.3 Å². The molecular formula is C25H14BrCl. The van der Waals surface area contributed by atoms with Gasteiger partial charge in [-0.25, -0.2) is 0 Å². The first kappa shape index (κ1) is 15.7. The predicted molar refractivity (Wildman–Crippen MR) is 115 cm³/mol. The normalized spacial score (nSPS) is 14.6. The van der Waals surface area contributed by atoms with Gasteiger partial charge in [0.2, 0.25) is 0 Å². The average molecular weight is 430 g/mol. The number of halogens is 2. The summed E-state index contributed by atoms with van der Waals surface area (Å²) in [7, 11) is 0. The summed E-state index contributed by atoms with van der Waals surface area (Å²) in [5.74, 6) is 0. The molecule has 0 amide bonds. The number of fused-ring (bicyclic) bond motifs is 10. The maximum atomic E-state index is 6.50. The molecule has 2 aliphatic carbocycles. The second-order valence-electron chi connectivity index (χ2n) is 7.22. The van der Waals surface area contributed by atoms with Crippen molar-refractivity contribution in [2.45, 2.75) is 5.41 Å². The van der Waals surface area contributed by atoms with Gasteiger partial charge in [-0.05, 0) is 68.8 Å². The fourth-order valence-corrected chi connectivity index (χ4v) is 5.62. The monoisotopic (exact) mass is 428 g/mol. The van der Waals surface area contributed by atoms with Crippen LogP contribution in [0.1, 0.15) is 22.3 Å². The van der Waals surface area contributed by atoms with Gasteiger partial charge in [-0.15, -0.1) is 0 Å². The van der Waals surface area contributed by atoms with E-state index in [0.29, 0.717) is 0 Å². The van der Waals surface area contributed by atoms with Gasteiger partial charge in [-0.2, -0.15) is 0 Å². The zero-order chi connectivity index (χ0) is 18.2. The van der Waals surface area contributed by atoms with Gasteiger partial charge in [0.25, 0.3) is 0 Å². The van der Waals surface area contributed by atoms with Crippen LogP contribution < -0.4 is 0 Å². The molecule has 2 heteroatoms. The van der Waals surface area contributed by atoms with Crippen LogP contribution in [0.25, 0.3) is 22.3 Å². The number of rotatable bonds is 0. The van der Waals surface area contributed by atoms with Crippen LogP contribution in [-0.4, -0.2) is 0 Å². The van der Waals surface area contributed by atoms with Crippen LogP contribution in [0.5, 0.6) is 0 Å². The third-order valence-corrected chi connectivity index (χ3v) is 6.74. The summed E-state index contributed by atoms with van der Waals surface area (Å²) in [5, 5.41) is 0.779. The van der Waals surface area contributed by atoms with Gasteiger partial charge >= 0.3 is 0 Å². The van der Waals surface area contributed by atoms with Gasteiger partial charge in [0.15, 0.2) is 0 Å². The van der Waals surface area contributed by atoms with E-state index in [9.17, 15) is 0 Å². The van der Waals surface area contributed by atoms with Crippen molar-refractivity contribution in [3.05, 3.63) is 117 Å². The lowest BCUT2D eigenvalue weighted by Crippen LogP contribution is -2.25. The molecule has 0 unspecified atom stereocenters. The van der Waals surface area contributed by atoms with E-state index in [4.69, 9.17) is 11.6 Å². The minimum absolute atomic E-state index is 0.313. The third-order valence-electron chi connectivity index (χ3n) is 6.01. The lowest BCUT2D eigenvalue weighted by molar-refractivity contribution is 0.793. The Morgan fingerprint density at radius 2 is 1.07 bits per heavy atom. The van der Waals surface area contributed by atoms with E-state index < -0.39 is 0 Å². The fourth-order valence-electron chi connectivity index (χ4n) is 5.08. The minimum Gasteiger partial charge on any atom is -0.0843 e. The molecule has 0 saturated carbocycles. The predicted octanol–water partition coefficient (Wildman–Crippen LogP) is 7.45. The Hall–Kier alpha value is -2.35. The molecule has 0 nitrogen and oxygen atoms in total. The Balaban J connectivity index is 1.88. The van der Waals surface area contributed by atoms with Gasteiger partial charge < -0.3 is 0 Å². The van der Waals surface area contributed by atoms with E-state index in [2.05, 4.69) is 94.8 Å². The van der Waals surface area contributed by atoms with Crippen LogP contribution in [0.3, 0.4) is 0 Å². The van der Waals surface area contributed by atoms with E-state index in [1.165, 1.54) is 44.5 Å². The number of benzene rings is 4. The topological polar surface area (TPSA) is 0 Å². The highest BCUT2D eigenvalue weighted by Gasteiger charge is 2.51. The highest BCUT2D eigenvalue weighted by molar-refractivity contribution is 9.10. The summed E-state index contributed by atoms with van der Waals surface area (Å²) in [6.07, 6.45) is 0. The van der Waals surface area contributed by atoms with Crippen molar-refractivity contribution in [2.75, 3.05) is 0 Å². The molecule has 0 fully saturated rings. The highest BCUT2D eigenvalue weighted by atomic mass is 79.9. The van der Waals surface area contributed by atoms with Crippen molar-refractivity contribution in [3.63, 3.8) is 0 Å². The third kappa shape index (κ3) is 1.84. The van der Waals surface area contributed by atoms with Gasteiger partial charge in [0.05, 0.1) is 5.41 Å². The maximum absolute atomic E-state index is 6.50. The smallest absolute Gasteiger partial charge is 0.0726 e. The zero-order valence-electron chi connectivity index (χ0n) is 14.3. The maximum Gasteiger partial charge on any atom is 0.0726 e. The molecule has 0 N–H and O–H groups in total. The summed E-state index contributed by atoms with van der Waals surface area (Å²) in [5.41, 5.74) is 10.2. The van der Waals surface area contributed by atoms with Crippen molar-refractivity contribution in [1.82, 2.24) is 0 Å². The summed E-state index contributed by atoms with van der Waals surface area (Å²) in [4.78, 5) is 0. The van der Waals surface area contributed by atoms with E-state index >= 15 is 0 Å². The molecule has 0 aliphatic heterocycles. The molecule has 4 aromatic carbocycles. The van der Waals surface area contributed by atoms with E-state index in [0.717, 1.165) is 9.50 Å². The molecule has 0 aromatic heterocycles. The van der Waals surface area contributed by atoms with Crippen molar-refractivity contribution in [1.29, 1.82) is 0 Å². The summed E-state index contributed by atoms with van der Waals surface area (Å²) < 4.78 is 1.10. The average Bonchev–Trinajstić information content (AvgIpc) is 3.14. The molecule has 0 saturated heterocycles. The molecule has 1 spiro atoms. The van der Waals surface area contributed by atoms with Crippen LogP contribution >= 0.6 is 27.5 Å². The van der Waals surface area contributed by atoms with E-state index in [1.807, 2.05) is 6.07 Å². The Morgan fingerprint density at radius 1 is 0.556 bits per heavy atom. The lowest BCUT2D eigenvalue weighted by Gasteiger charge is -2.30. The Morgan fingerprint density at radius 3 is 1.74 bits per heavy atom. The van der Waals surface area contributed by atoms with E-state index in [-0.39, 0.29) is 5.41 Å². The van der Waals surface area contributed by atoms with Crippen molar-refractivity contribution < 1.29 is 0 Å². The molecule has 0 bridgehead atoms. The molecule has 4 aromatic rings. The van der Waals surface area contributed by atoms with Gasteiger partial charge in [-0.1, -0.05) is 88.2 Å². The molecule has 128 valence electrons. The molecule has 27 heavy (non-hydrogen) atoms. The molecule has 0 radical (unpaired) electrons. The molecule has 6 rings (SSSR count). The second kappa shape index (κ2) is 5.34. The van der Waals surface area contributed by atoms with Crippen molar-refractivity contribution in [2.24, 2.45) is 0 Å². The standard InChI is InChI=1S/C25H14BrCl/c26-15-9-11-19-20-12-10-16(27)14-24(20)25(23(19)13-15)21-7-3-1-5-17(21)18-6-2-4-8-22(18)25/h1-14H. The molecular weight excluding hydrogens is 416 g/mol. The highest BCUT2D eigenvalue weighted by Crippen LogP contribution is 2.63. The summed E-state index contributed by atoms with van der Waals surface area (Å²) in [6, 6.07) is 30.5. The Kier molecular flexibility index (Phi) is 3.10. The number of hydrogen-bond acceptors (Lipinski definition) is 0. The van der Waals surface area contributed by atoms with Gasteiger partial charge in [0.1, 0.15) is 0 Å². The first-order valence-electron chi connectivity index (χ1n) is 9.01. The molecule has 0 atom stereocenters. The Bertz CT molecular complexity index is 1160. The summed E-state index contributed by atoms with van der Waals surface area (Å²) >= 11 is 10.2. The first-order valence-corrected chi connectivity index (χ1v) is 10.2. The zero-order valence-corrected chi connectivity index (χ0v) is 16.7. The molecule has 2 aliphatic rings. The SMILES string of the molecule is Clc1ccc2c(c1)C1(c3ccccc3-c3ccccc31)c1cc(Br)ccc1-2. The van der Waals surface area contributed by atoms with Crippen LogP contribution in [0.15, 0.2) is 89.4 Å². The van der Waals surface area contributed by atoms with Gasteiger partial charge in [-0.3, -0.25) is 0 Å². The largest absolute Gasteiger partial charge is 0.0843 e. The second-order valence-corrected chi connectivity index (χ2v) is 8.57. The molecule has 0 heterocycles.